The van der Waals surface area contributed by atoms with Gasteiger partial charge in [0, 0.05) is 6.04 Å². The van der Waals surface area contributed by atoms with Gasteiger partial charge in [0.2, 0.25) is 0 Å². The van der Waals surface area contributed by atoms with Crippen molar-refractivity contribution in [3.63, 3.8) is 0 Å². The van der Waals surface area contributed by atoms with Gasteiger partial charge in [0.15, 0.2) is 5.82 Å². The number of halogens is 2. The van der Waals surface area contributed by atoms with Crippen molar-refractivity contribution in [2.75, 3.05) is 0 Å². The zero-order valence-electron chi connectivity index (χ0n) is 6.01. The molecule has 0 saturated carbocycles. The molecule has 1 aromatic heterocycles. The molecule has 0 aliphatic heterocycles. The fraction of sp³-hybridized carbons (Fsp3) is 0.500. The second kappa shape index (κ2) is 2.96. The first-order valence-electron chi connectivity index (χ1n) is 3.19. The Balaban J connectivity index is 2.82. The van der Waals surface area contributed by atoms with Crippen LogP contribution in [-0.4, -0.2) is 9.97 Å². The molecule has 1 aromatic rings. The monoisotopic (exact) mass is 161 g/mol. The topological polar surface area (TPSA) is 54.7 Å². The lowest BCUT2D eigenvalue weighted by molar-refractivity contribution is 0.141. The van der Waals surface area contributed by atoms with Gasteiger partial charge >= 0.3 is 0 Å². The third-order valence-electron chi connectivity index (χ3n) is 1.31. The van der Waals surface area contributed by atoms with E-state index in [1.807, 2.05) is 0 Å². The summed E-state index contributed by atoms with van der Waals surface area (Å²) in [6, 6.07) is -0.282. The van der Waals surface area contributed by atoms with Crippen LogP contribution in [0.25, 0.3) is 0 Å². The number of hydrogen-bond donors (Lipinski definition) is 2. The molecule has 3 N–H and O–H groups in total. The molecule has 1 unspecified atom stereocenters. The number of aromatic nitrogens is 2. The van der Waals surface area contributed by atoms with Gasteiger partial charge in [-0.1, -0.05) is 0 Å². The van der Waals surface area contributed by atoms with Gasteiger partial charge in [-0.25, -0.2) is 13.8 Å². The predicted octanol–water partition coefficient (Wildman–Crippen LogP) is 1.37. The predicted molar refractivity (Wildman–Crippen MR) is 36.1 cm³/mol. The normalized spacial score (nSPS) is 13.9. The summed E-state index contributed by atoms with van der Waals surface area (Å²) in [4.78, 5) is 5.88. The lowest BCUT2D eigenvalue weighted by atomic mass is 10.3. The van der Waals surface area contributed by atoms with E-state index in [9.17, 15) is 8.78 Å². The maximum atomic E-state index is 11.9. The van der Waals surface area contributed by atoms with Gasteiger partial charge in [-0.15, -0.1) is 0 Å². The van der Waals surface area contributed by atoms with Crippen LogP contribution in [0.2, 0.25) is 0 Å². The van der Waals surface area contributed by atoms with Crippen molar-refractivity contribution in [3.05, 3.63) is 17.7 Å². The van der Waals surface area contributed by atoms with Crippen molar-refractivity contribution in [3.8, 4) is 0 Å². The molecule has 0 radical (unpaired) electrons. The third kappa shape index (κ3) is 1.74. The number of H-pyrrole nitrogens is 1. The summed E-state index contributed by atoms with van der Waals surface area (Å²) in [6.45, 7) is 1.70. The zero-order chi connectivity index (χ0) is 8.43. The summed E-state index contributed by atoms with van der Waals surface area (Å²) in [7, 11) is 0. The van der Waals surface area contributed by atoms with Crippen molar-refractivity contribution in [2.45, 2.75) is 19.4 Å². The van der Waals surface area contributed by atoms with E-state index in [0.717, 1.165) is 0 Å². The molecule has 0 amide bonds. The fourth-order valence-corrected chi connectivity index (χ4v) is 0.694. The highest BCUT2D eigenvalue weighted by Gasteiger charge is 2.12. The number of nitrogens with one attached hydrogen (secondary N) is 1. The fourth-order valence-electron chi connectivity index (χ4n) is 0.694. The van der Waals surface area contributed by atoms with Gasteiger partial charge in [-0.05, 0) is 6.92 Å². The molecule has 11 heavy (non-hydrogen) atoms. The van der Waals surface area contributed by atoms with Crippen molar-refractivity contribution < 1.29 is 8.78 Å². The van der Waals surface area contributed by atoms with Crippen LogP contribution in [-0.2, 0) is 0 Å². The third-order valence-corrected chi connectivity index (χ3v) is 1.31. The molecule has 62 valence electrons. The largest absolute Gasteiger partial charge is 0.340 e. The van der Waals surface area contributed by atoms with E-state index in [-0.39, 0.29) is 11.9 Å². The minimum atomic E-state index is -2.55. The van der Waals surface area contributed by atoms with Crippen molar-refractivity contribution in [2.24, 2.45) is 5.73 Å². The Morgan fingerprint density at radius 2 is 2.27 bits per heavy atom. The van der Waals surface area contributed by atoms with E-state index in [2.05, 4.69) is 9.97 Å². The molecule has 0 aliphatic rings. The smallest absolute Gasteiger partial charge is 0.295 e. The molecule has 3 nitrogen and oxygen atoms in total. The van der Waals surface area contributed by atoms with E-state index in [4.69, 9.17) is 5.73 Å². The van der Waals surface area contributed by atoms with Gasteiger partial charge in [0.1, 0.15) is 0 Å². The van der Waals surface area contributed by atoms with E-state index >= 15 is 0 Å². The number of alkyl halides is 2. The Kier molecular flexibility index (Phi) is 2.19. The molecule has 0 spiro atoms. The first-order valence-corrected chi connectivity index (χ1v) is 3.19. The zero-order valence-corrected chi connectivity index (χ0v) is 6.01. The van der Waals surface area contributed by atoms with Gasteiger partial charge in [0.25, 0.3) is 6.43 Å². The molecule has 1 heterocycles. The van der Waals surface area contributed by atoms with Crippen LogP contribution in [0.4, 0.5) is 8.78 Å². The van der Waals surface area contributed by atoms with Crippen LogP contribution in [0, 0.1) is 0 Å². The van der Waals surface area contributed by atoms with Crippen LogP contribution < -0.4 is 5.73 Å². The molecule has 0 aliphatic carbocycles. The minimum absolute atomic E-state index is 0.282. The quantitative estimate of drug-likeness (QED) is 0.688. The number of rotatable bonds is 2. The number of imidazole rings is 1. The first kappa shape index (κ1) is 8.13. The first-order chi connectivity index (χ1) is 5.11. The van der Waals surface area contributed by atoms with Gasteiger partial charge in [-0.2, -0.15) is 0 Å². The number of aromatic amines is 1. The molecule has 1 rings (SSSR count). The molecule has 0 aromatic carbocycles. The van der Waals surface area contributed by atoms with Crippen LogP contribution in [0.1, 0.15) is 30.9 Å². The number of nitrogens with two attached hydrogens (primary N) is 1. The van der Waals surface area contributed by atoms with Crippen LogP contribution in [0.5, 0.6) is 0 Å². The maximum Gasteiger partial charge on any atom is 0.295 e. The second-order valence-electron chi connectivity index (χ2n) is 2.31. The highest BCUT2D eigenvalue weighted by Crippen LogP contribution is 2.16. The van der Waals surface area contributed by atoms with Crippen LogP contribution >= 0.6 is 0 Å². The second-order valence-corrected chi connectivity index (χ2v) is 2.31. The summed E-state index contributed by atoms with van der Waals surface area (Å²) in [5, 5.41) is 0. The Morgan fingerprint density at radius 3 is 2.55 bits per heavy atom. The van der Waals surface area contributed by atoms with E-state index in [1.165, 1.54) is 6.20 Å². The minimum Gasteiger partial charge on any atom is -0.340 e. The Bertz CT molecular complexity index is 209. The highest BCUT2D eigenvalue weighted by molar-refractivity contribution is 5.05. The molecule has 0 bridgehead atoms. The standard InChI is InChI=1S/C6H9F2N3/c1-3(9)4-2-10-6(11-4)5(7)8/h2-3,5H,9H2,1H3,(H,10,11). The average Bonchev–Trinajstić information content (AvgIpc) is 2.33. The summed E-state index contributed by atoms with van der Waals surface area (Å²) in [5.41, 5.74) is 5.94. The number of nitrogens with zero attached hydrogens (tertiary/aromatic N) is 1. The van der Waals surface area contributed by atoms with Crippen molar-refractivity contribution in [1.82, 2.24) is 9.97 Å². The average molecular weight is 161 g/mol. The molecule has 5 heteroatoms. The SMILES string of the molecule is CC(N)c1cnc(C(F)F)[nH]1. The molecular formula is C6H9F2N3. The summed E-state index contributed by atoms with van der Waals surface area (Å²) < 4.78 is 23.8. The highest BCUT2D eigenvalue weighted by atomic mass is 19.3. The lowest BCUT2D eigenvalue weighted by Gasteiger charge is -1.98. The number of hydrogen-bond acceptors (Lipinski definition) is 2. The van der Waals surface area contributed by atoms with Crippen LogP contribution in [0.15, 0.2) is 6.20 Å². The molecule has 1 atom stereocenters. The Hall–Kier alpha value is -0.970. The lowest BCUT2D eigenvalue weighted by Crippen LogP contribution is -2.05. The van der Waals surface area contributed by atoms with Gasteiger partial charge in [0.05, 0.1) is 11.9 Å². The summed E-state index contributed by atoms with van der Waals surface area (Å²) in [6.07, 6.45) is -1.23. The van der Waals surface area contributed by atoms with Crippen molar-refractivity contribution in [1.29, 1.82) is 0 Å². The van der Waals surface area contributed by atoms with E-state index in [1.54, 1.807) is 6.92 Å². The Morgan fingerprint density at radius 1 is 1.64 bits per heavy atom. The van der Waals surface area contributed by atoms with Crippen molar-refractivity contribution >= 4 is 0 Å². The van der Waals surface area contributed by atoms with E-state index < -0.39 is 6.43 Å². The summed E-state index contributed by atoms with van der Waals surface area (Å²) in [5.74, 6) is -0.322. The molecular weight excluding hydrogens is 152 g/mol. The van der Waals surface area contributed by atoms with Gasteiger partial charge in [-0.3, -0.25) is 0 Å². The van der Waals surface area contributed by atoms with E-state index in [0.29, 0.717) is 5.69 Å². The van der Waals surface area contributed by atoms with Gasteiger partial charge < -0.3 is 10.7 Å². The Labute approximate surface area is 62.6 Å². The summed E-state index contributed by atoms with van der Waals surface area (Å²) >= 11 is 0. The molecule has 0 fully saturated rings. The molecule has 0 saturated heterocycles. The van der Waals surface area contributed by atoms with Crippen LogP contribution in [0.3, 0.4) is 0 Å². The maximum absolute atomic E-state index is 11.9.